The number of thiophene rings is 3. The van der Waals surface area contributed by atoms with Crippen LogP contribution in [0.3, 0.4) is 0 Å². The summed E-state index contributed by atoms with van der Waals surface area (Å²) in [4.78, 5) is 10.9. The summed E-state index contributed by atoms with van der Waals surface area (Å²) < 4.78 is 205. The van der Waals surface area contributed by atoms with Crippen LogP contribution in [0.5, 0.6) is 0 Å². The van der Waals surface area contributed by atoms with Crippen molar-refractivity contribution in [3.8, 4) is 6.07 Å². The van der Waals surface area contributed by atoms with Gasteiger partial charge >= 0.3 is 18.5 Å². The van der Waals surface area contributed by atoms with E-state index in [0.29, 0.717) is 28.0 Å². The maximum absolute atomic E-state index is 13.4. The Morgan fingerprint density at radius 2 is 0.867 bits per heavy atom. The van der Waals surface area contributed by atoms with Crippen LogP contribution in [-0.2, 0) is 34.9 Å². The molecule has 474 valence electrons. The van der Waals surface area contributed by atoms with E-state index in [-0.39, 0.29) is 58.2 Å². The number of halogens is 9. The number of anilines is 3. The van der Waals surface area contributed by atoms with Crippen LogP contribution >= 0.6 is 46.0 Å². The number of nitrogens with zero attached hydrogens (tertiary/aromatic N) is 6. The summed E-state index contributed by atoms with van der Waals surface area (Å²) in [6.07, 6.45) is -17.2. The molecule has 0 atom stereocenters. The monoisotopic (exact) mass is 1380 g/mol. The van der Waals surface area contributed by atoms with E-state index in [2.05, 4.69) is 9.55 Å². The predicted molar refractivity (Wildman–Crippen MR) is 336 cm³/mol. The van der Waals surface area contributed by atoms with Crippen molar-refractivity contribution in [1.29, 1.82) is 5.26 Å². The summed E-state index contributed by atoms with van der Waals surface area (Å²) in [6, 6.07) is 39.3. The molecule has 0 aliphatic carbocycles. The molecule has 4 heterocycles. The Bertz CT molecular complexity index is 4570. The third kappa shape index (κ3) is 15.9. The van der Waals surface area contributed by atoms with Gasteiger partial charge in [-0.15, -0.1) is 34.0 Å². The van der Waals surface area contributed by atoms with Crippen LogP contribution in [0.1, 0.15) is 59.1 Å². The standard InChI is InChI=1S/C21H17F3N2O3S3.C19H18F3N3O3S2.C19H15F3N2O2S2/c1-13-16-4-2-3-5-18(16)30-20(13)26(11-10-21(22,23)24)32(28,29)15-8-6-14(7-9-15)17-12-19(27)31-25-17;1-12-15-4-2-3-5-16(15)29-18(12)25(11-10-19(20,21)22)30(27,28)14-8-6-13(7-9-14)17(23)24-26;1-13-16-4-2-3-5-17(16)27-18(13)24(11-10-19(20,21)22)28(25,26)15-8-6-14(12-23)7-9-15/h2-9H,10-12H2,1H3;2-9,26H,10-11H2,1H3,(H2,23,24);2-9H,10-11H2,1H3. The van der Waals surface area contributed by atoms with Crippen LogP contribution in [0.15, 0.2) is 170 Å². The minimum Gasteiger partial charge on any atom is -0.409 e. The van der Waals surface area contributed by atoms with Crippen molar-refractivity contribution >= 4 is 138 Å². The fourth-order valence-electron chi connectivity index (χ4n) is 9.10. The predicted octanol–water partition coefficient (Wildman–Crippen LogP) is 15.4. The molecule has 0 unspecified atom stereocenters. The number of hydrogen-bond donors (Lipinski definition) is 2. The topological polar surface area (TPSA) is 224 Å². The van der Waals surface area contributed by atoms with Crippen LogP contribution in [0.2, 0.25) is 0 Å². The summed E-state index contributed by atoms with van der Waals surface area (Å²) in [5.74, 6) is -0.215. The Labute approximate surface area is 527 Å². The Morgan fingerprint density at radius 3 is 1.16 bits per heavy atom. The van der Waals surface area contributed by atoms with Crippen LogP contribution < -0.4 is 18.6 Å². The molecule has 0 spiro atoms. The maximum atomic E-state index is 13.4. The zero-order chi connectivity index (χ0) is 65.7. The van der Waals surface area contributed by atoms with Crippen molar-refractivity contribution in [2.45, 2.75) is 79.7 Å². The Kier molecular flexibility index (Phi) is 20.8. The number of amidine groups is 1. The van der Waals surface area contributed by atoms with Gasteiger partial charge in [-0.1, -0.05) is 71.9 Å². The number of aryl methyl sites for hydroxylation is 3. The van der Waals surface area contributed by atoms with Gasteiger partial charge in [-0.3, -0.25) is 17.7 Å². The fourth-order valence-corrected chi connectivity index (χ4v) is 18.6. The number of nitriles is 1. The second kappa shape index (κ2) is 27.4. The van der Waals surface area contributed by atoms with Crippen LogP contribution in [0.25, 0.3) is 30.3 Å². The Balaban J connectivity index is 0.000000175. The van der Waals surface area contributed by atoms with E-state index in [9.17, 15) is 69.6 Å². The average Bonchev–Trinajstić information content (AvgIpc) is 1.57. The molecular formula is C59H50F9N7O8S7. The molecule has 0 fully saturated rings. The van der Waals surface area contributed by atoms with Crippen molar-refractivity contribution < 1.29 is 74.8 Å². The first-order valence-electron chi connectivity index (χ1n) is 26.4. The number of rotatable bonds is 17. The zero-order valence-corrected chi connectivity index (χ0v) is 52.8. The largest absolute Gasteiger partial charge is 0.409 e. The molecule has 31 heteroatoms. The zero-order valence-electron chi connectivity index (χ0n) is 47.1. The van der Waals surface area contributed by atoms with Gasteiger partial charge in [0, 0.05) is 39.3 Å². The van der Waals surface area contributed by atoms with E-state index >= 15 is 0 Å². The molecular weight excluding hydrogens is 1330 g/mol. The first kappa shape index (κ1) is 68.2. The summed E-state index contributed by atoms with van der Waals surface area (Å²) in [5.41, 5.74) is 8.97. The van der Waals surface area contributed by atoms with Crippen LogP contribution in [0.4, 0.5) is 54.5 Å². The fraction of sp³-hybridized carbons (Fsp3) is 0.220. The minimum absolute atomic E-state index is 0.102. The van der Waals surface area contributed by atoms with Gasteiger partial charge in [-0.25, -0.2) is 29.7 Å². The van der Waals surface area contributed by atoms with Crippen molar-refractivity contribution in [2.24, 2.45) is 15.3 Å². The lowest BCUT2D eigenvalue weighted by molar-refractivity contribution is -0.132. The number of benzene rings is 6. The molecule has 1 aliphatic heterocycles. The van der Waals surface area contributed by atoms with Gasteiger partial charge in [0.25, 0.3) is 30.1 Å². The normalized spacial score (nSPS) is 13.3. The highest BCUT2D eigenvalue weighted by molar-refractivity contribution is 8.13. The Morgan fingerprint density at radius 1 is 0.544 bits per heavy atom. The van der Waals surface area contributed by atoms with Crippen molar-refractivity contribution in [3.63, 3.8) is 0 Å². The molecule has 0 saturated heterocycles. The number of nitrogens with two attached hydrogens (primary N) is 1. The summed E-state index contributed by atoms with van der Waals surface area (Å²) in [7, 11) is -12.8. The second-order valence-electron chi connectivity index (χ2n) is 19.8. The lowest BCUT2D eigenvalue weighted by Crippen LogP contribution is -2.34. The average molecular weight is 1380 g/mol. The quantitative estimate of drug-likeness (QED) is 0.0218. The van der Waals surface area contributed by atoms with E-state index in [0.717, 1.165) is 89.1 Å². The smallest absolute Gasteiger partial charge is 0.390 e. The van der Waals surface area contributed by atoms with Gasteiger partial charge in [0.15, 0.2) is 5.84 Å². The lowest BCUT2D eigenvalue weighted by Gasteiger charge is -2.24. The van der Waals surface area contributed by atoms with E-state index < -0.39 is 87.5 Å². The number of hydrogen-bond acceptors (Lipinski definition) is 15. The van der Waals surface area contributed by atoms with Crippen molar-refractivity contribution in [2.75, 3.05) is 32.5 Å². The number of carbonyl (C=O) groups is 1. The molecule has 0 amide bonds. The summed E-state index contributed by atoms with van der Waals surface area (Å²) in [5, 5.41) is 23.5. The number of alkyl halides is 9. The number of sulfonamides is 3. The first-order valence-corrected chi connectivity index (χ1v) is 34.0. The Hall–Kier alpha value is -7.73. The highest BCUT2D eigenvalue weighted by atomic mass is 32.2. The number of oxime groups is 1. The highest BCUT2D eigenvalue weighted by Crippen LogP contribution is 2.44. The minimum atomic E-state index is -4.52. The molecule has 0 radical (unpaired) electrons. The van der Waals surface area contributed by atoms with Gasteiger partial charge < -0.3 is 10.9 Å². The van der Waals surface area contributed by atoms with Crippen LogP contribution in [0, 0.1) is 32.1 Å². The first-order chi connectivity index (χ1) is 42.2. The molecule has 3 N–H and O–H groups in total. The number of fused-ring (bicyclic) bond motifs is 3. The van der Waals surface area contributed by atoms with E-state index in [1.807, 2.05) is 18.2 Å². The van der Waals surface area contributed by atoms with Gasteiger partial charge in [-0.2, -0.15) is 44.8 Å². The van der Waals surface area contributed by atoms with Gasteiger partial charge in [0.1, 0.15) is 15.0 Å². The molecule has 0 saturated carbocycles. The van der Waals surface area contributed by atoms with Gasteiger partial charge in [-0.05, 0) is 138 Å². The van der Waals surface area contributed by atoms with Crippen molar-refractivity contribution in [3.05, 3.63) is 179 Å². The van der Waals surface area contributed by atoms with Crippen LogP contribution in [-0.4, -0.2) is 85.3 Å². The SMILES string of the molecule is Cc1c(N(CCC(F)(F)F)S(=O)(=O)c2ccc(C#N)cc2)sc2ccccc12.Cc1c(N(CCC(F)(F)F)S(=O)(=O)c2ccc(C(N)=NO)cc2)sc2ccccc12.Cc1c(N(CCC(F)(F)F)S(=O)(=O)c2ccc(C3=NSC(=O)C3)cc2)sc2ccccc12. The van der Waals surface area contributed by atoms with E-state index in [4.69, 9.17) is 16.2 Å². The van der Waals surface area contributed by atoms with Crippen molar-refractivity contribution in [1.82, 2.24) is 0 Å². The molecule has 0 bridgehead atoms. The summed E-state index contributed by atoms with van der Waals surface area (Å²) >= 11 is 4.25. The highest BCUT2D eigenvalue weighted by Gasteiger charge is 2.38. The van der Waals surface area contributed by atoms with E-state index in [1.54, 1.807) is 81.4 Å². The molecule has 3 aromatic heterocycles. The molecule has 90 heavy (non-hydrogen) atoms. The van der Waals surface area contributed by atoms with Gasteiger partial charge in [0.2, 0.25) is 5.12 Å². The molecule has 15 nitrogen and oxygen atoms in total. The molecule has 10 rings (SSSR count). The third-order valence-electron chi connectivity index (χ3n) is 13.7. The molecule has 6 aromatic carbocycles. The number of carbonyl (C=O) groups excluding carboxylic acids is 1. The second-order valence-corrected chi connectivity index (χ2v) is 29.3. The summed E-state index contributed by atoms with van der Waals surface area (Å²) in [6.45, 7) is 2.90. The molecule has 1 aliphatic rings. The lowest BCUT2D eigenvalue weighted by atomic mass is 10.1. The van der Waals surface area contributed by atoms with E-state index in [1.165, 1.54) is 72.8 Å². The van der Waals surface area contributed by atoms with Gasteiger partial charge in [0.05, 0.1) is 69.7 Å². The molecule has 9 aromatic rings. The maximum Gasteiger partial charge on any atom is 0.390 e. The third-order valence-corrected chi connectivity index (χ3v) is 24.0.